The van der Waals surface area contributed by atoms with Gasteiger partial charge in [-0.2, -0.15) is 0 Å². The summed E-state index contributed by atoms with van der Waals surface area (Å²) in [5, 5.41) is 11.1. The first-order valence-corrected chi connectivity index (χ1v) is 9.52. The van der Waals surface area contributed by atoms with E-state index in [1.54, 1.807) is 0 Å². The largest absolute Gasteiger partial charge is 0.419 e. The molecule has 138 valence electrons. The van der Waals surface area contributed by atoms with Gasteiger partial charge in [-0.15, -0.1) is 10.2 Å². The van der Waals surface area contributed by atoms with E-state index >= 15 is 0 Å². The third kappa shape index (κ3) is 4.08. The molecule has 1 fully saturated rings. The van der Waals surface area contributed by atoms with Crippen LogP contribution in [0.4, 0.5) is 0 Å². The zero-order chi connectivity index (χ0) is 18.5. The number of rotatable bonds is 6. The summed E-state index contributed by atoms with van der Waals surface area (Å²) in [5.74, 6) is 1.20. The zero-order valence-electron chi connectivity index (χ0n) is 15.2. The molecular weight excluding hydrogens is 338 g/mol. The molecule has 0 aliphatic heterocycles. The SMILES string of the molecule is O=C(NCc1nnc(-c2ccccc2)o1)C(c1ccccc1)C1CCCC1. The van der Waals surface area contributed by atoms with Crippen molar-refractivity contribution >= 4 is 5.91 Å². The Morgan fingerprint density at radius 2 is 1.67 bits per heavy atom. The molecule has 1 amide bonds. The lowest BCUT2D eigenvalue weighted by molar-refractivity contribution is -0.124. The lowest BCUT2D eigenvalue weighted by Crippen LogP contribution is -2.32. The van der Waals surface area contributed by atoms with E-state index in [0.29, 0.717) is 17.7 Å². The van der Waals surface area contributed by atoms with Gasteiger partial charge in [-0.05, 0) is 36.5 Å². The van der Waals surface area contributed by atoms with Crippen molar-refractivity contribution in [3.05, 3.63) is 72.1 Å². The molecule has 1 aromatic heterocycles. The predicted octanol–water partition coefficient (Wildman–Crippen LogP) is 4.33. The Hall–Kier alpha value is -2.95. The minimum atomic E-state index is -0.120. The minimum absolute atomic E-state index is 0.0348. The highest BCUT2D eigenvalue weighted by Crippen LogP contribution is 2.37. The molecule has 3 aromatic rings. The Bertz CT molecular complexity index is 871. The molecule has 0 saturated heterocycles. The number of carbonyl (C=O) groups excluding carboxylic acids is 1. The second-order valence-corrected chi connectivity index (χ2v) is 7.02. The number of nitrogens with zero attached hydrogens (tertiary/aromatic N) is 2. The van der Waals surface area contributed by atoms with Crippen molar-refractivity contribution < 1.29 is 9.21 Å². The Labute approximate surface area is 158 Å². The van der Waals surface area contributed by atoms with E-state index in [1.807, 2.05) is 60.7 Å². The number of hydrogen-bond donors (Lipinski definition) is 1. The average molecular weight is 361 g/mol. The van der Waals surface area contributed by atoms with Crippen LogP contribution in [0.3, 0.4) is 0 Å². The van der Waals surface area contributed by atoms with Gasteiger partial charge >= 0.3 is 0 Å². The fourth-order valence-electron chi connectivity index (χ4n) is 3.88. The maximum absolute atomic E-state index is 13.0. The first-order valence-electron chi connectivity index (χ1n) is 9.52. The van der Waals surface area contributed by atoms with E-state index in [2.05, 4.69) is 15.5 Å². The van der Waals surface area contributed by atoms with Crippen molar-refractivity contribution in [3.8, 4) is 11.5 Å². The third-order valence-electron chi connectivity index (χ3n) is 5.21. The fraction of sp³-hybridized carbons (Fsp3) is 0.318. The molecule has 27 heavy (non-hydrogen) atoms. The van der Waals surface area contributed by atoms with Crippen LogP contribution in [-0.4, -0.2) is 16.1 Å². The number of nitrogens with one attached hydrogen (secondary N) is 1. The first kappa shape index (κ1) is 17.5. The molecule has 5 heteroatoms. The summed E-state index contributed by atoms with van der Waals surface area (Å²) in [6.07, 6.45) is 4.61. The predicted molar refractivity (Wildman–Crippen MR) is 103 cm³/mol. The maximum Gasteiger partial charge on any atom is 0.247 e. The molecule has 1 atom stereocenters. The van der Waals surface area contributed by atoms with Crippen LogP contribution >= 0.6 is 0 Å². The van der Waals surface area contributed by atoms with Crippen molar-refractivity contribution in [1.29, 1.82) is 0 Å². The Kier molecular flexibility index (Phi) is 5.28. The molecule has 2 aromatic carbocycles. The second-order valence-electron chi connectivity index (χ2n) is 7.02. The highest BCUT2D eigenvalue weighted by atomic mass is 16.4. The summed E-state index contributed by atoms with van der Waals surface area (Å²) in [5.41, 5.74) is 1.95. The van der Waals surface area contributed by atoms with Gasteiger partial charge in [0, 0.05) is 5.56 Å². The molecular formula is C22H23N3O2. The summed E-state index contributed by atoms with van der Waals surface area (Å²) < 4.78 is 5.69. The van der Waals surface area contributed by atoms with Gasteiger partial charge in [-0.1, -0.05) is 61.4 Å². The third-order valence-corrected chi connectivity index (χ3v) is 5.21. The van der Waals surface area contributed by atoms with Gasteiger partial charge in [0.1, 0.15) is 0 Å². The summed E-state index contributed by atoms with van der Waals surface area (Å²) in [4.78, 5) is 13.0. The fourth-order valence-corrected chi connectivity index (χ4v) is 3.88. The summed E-state index contributed by atoms with van der Waals surface area (Å²) in [6.45, 7) is 0.245. The van der Waals surface area contributed by atoms with Gasteiger partial charge in [0.15, 0.2) is 0 Å². The molecule has 5 nitrogen and oxygen atoms in total. The normalized spacial score (nSPS) is 15.6. The van der Waals surface area contributed by atoms with Crippen LogP contribution in [0.5, 0.6) is 0 Å². The molecule has 4 rings (SSSR count). The molecule has 0 spiro atoms. The van der Waals surface area contributed by atoms with E-state index in [-0.39, 0.29) is 18.4 Å². The van der Waals surface area contributed by atoms with Crippen molar-refractivity contribution in [2.75, 3.05) is 0 Å². The molecule has 1 saturated carbocycles. The first-order chi connectivity index (χ1) is 13.3. The van der Waals surface area contributed by atoms with Gasteiger partial charge in [0.2, 0.25) is 17.7 Å². The number of carbonyl (C=O) groups is 1. The lowest BCUT2D eigenvalue weighted by Gasteiger charge is -2.22. The Morgan fingerprint density at radius 1 is 1.00 bits per heavy atom. The highest BCUT2D eigenvalue weighted by molar-refractivity contribution is 5.84. The second kappa shape index (κ2) is 8.16. The lowest BCUT2D eigenvalue weighted by atomic mass is 9.84. The van der Waals surface area contributed by atoms with Gasteiger partial charge in [-0.3, -0.25) is 4.79 Å². The zero-order valence-corrected chi connectivity index (χ0v) is 15.2. The molecule has 1 unspecified atom stereocenters. The van der Waals surface area contributed by atoms with Crippen LogP contribution < -0.4 is 5.32 Å². The van der Waals surface area contributed by atoms with Crippen LogP contribution in [0.15, 0.2) is 65.1 Å². The van der Waals surface area contributed by atoms with Crippen molar-refractivity contribution in [1.82, 2.24) is 15.5 Å². The molecule has 0 radical (unpaired) electrons. The highest BCUT2D eigenvalue weighted by Gasteiger charge is 2.31. The van der Waals surface area contributed by atoms with Gasteiger partial charge < -0.3 is 9.73 Å². The molecule has 1 aliphatic carbocycles. The minimum Gasteiger partial charge on any atom is -0.419 e. The van der Waals surface area contributed by atoms with E-state index in [1.165, 1.54) is 12.8 Å². The van der Waals surface area contributed by atoms with Crippen molar-refractivity contribution in [3.63, 3.8) is 0 Å². The number of amides is 1. The number of hydrogen-bond acceptors (Lipinski definition) is 4. The smallest absolute Gasteiger partial charge is 0.247 e. The van der Waals surface area contributed by atoms with Gasteiger partial charge in [0.25, 0.3) is 0 Å². The van der Waals surface area contributed by atoms with E-state index in [9.17, 15) is 4.79 Å². The molecule has 1 aliphatic rings. The number of aromatic nitrogens is 2. The summed E-state index contributed by atoms with van der Waals surface area (Å²) in [7, 11) is 0. The van der Waals surface area contributed by atoms with Gasteiger partial charge in [-0.25, -0.2) is 0 Å². The summed E-state index contributed by atoms with van der Waals surface area (Å²) in [6, 6.07) is 19.7. The van der Waals surface area contributed by atoms with Crippen LogP contribution in [0.25, 0.3) is 11.5 Å². The quantitative estimate of drug-likeness (QED) is 0.710. The van der Waals surface area contributed by atoms with Crippen LogP contribution in [0.1, 0.15) is 43.1 Å². The average Bonchev–Trinajstić information content (AvgIpc) is 3.41. The Balaban J connectivity index is 1.45. The maximum atomic E-state index is 13.0. The van der Waals surface area contributed by atoms with E-state index < -0.39 is 0 Å². The van der Waals surface area contributed by atoms with Crippen molar-refractivity contribution in [2.45, 2.75) is 38.1 Å². The standard InChI is InChI=1S/C22H23N3O2/c26-21(20(17-11-7-8-12-17)16-9-3-1-4-10-16)23-15-19-24-25-22(27-19)18-13-5-2-6-14-18/h1-6,9-10,13-14,17,20H,7-8,11-12,15H2,(H,23,26). The van der Waals surface area contributed by atoms with Crippen molar-refractivity contribution in [2.24, 2.45) is 5.92 Å². The summed E-state index contributed by atoms with van der Waals surface area (Å²) >= 11 is 0. The Morgan fingerprint density at radius 3 is 2.37 bits per heavy atom. The van der Waals surface area contributed by atoms with Gasteiger partial charge in [0.05, 0.1) is 12.5 Å². The molecule has 0 bridgehead atoms. The van der Waals surface area contributed by atoms with E-state index in [4.69, 9.17) is 4.42 Å². The van der Waals surface area contributed by atoms with Crippen LogP contribution in [0.2, 0.25) is 0 Å². The van der Waals surface area contributed by atoms with Crippen LogP contribution in [-0.2, 0) is 11.3 Å². The molecule has 1 heterocycles. The topological polar surface area (TPSA) is 68.0 Å². The molecule has 1 N–H and O–H groups in total. The monoisotopic (exact) mass is 361 g/mol. The van der Waals surface area contributed by atoms with Crippen LogP contribution in [0, 0.1) is 5.92 Å². The van der Waals surface area contributed by atoms with E-state index in [0.717, 1.165) is 24.0 Å². The number of benzene rings is 2.